The highest BCUT2D eigenvalue weighted by molar-refractivity contribution is 14.1. The molecule has 0 aromatic heterocycles. The Kier molecular flexibility index (Phi) is 3.85. The van der Waals surface area contributed by atoms with Gasteiger partial charge in [-0.25, -0.2) is 0 Å². The number of hydrogen-bond donors (Lipinski definition) is 1. The van der Waals surface area contributed by atoms with Crippen LogP contribution in [-0.4, -0.2) is 13.0 Å². The molecule has 1 unspecified atom stereocenters. The fourth-order valence-electron chi connectivity index (χ4n) is 0.816. The second-order valence-electron chi connectivity index (χ2n) is 2.50. The highest BCUT2D eigenvalue weighted by Crippen LogP contribution is 2.42. The van der Waals surface area contributed by atoms with E-state index in [1.807, 2.05) is 22.6 Å². The molecule has 0 saturated carbocycles. The van der Waals surface area contributed by atoms with Crippen molar-refractivity contribution in [2.24, 2.45) is 0 Å². The van der Waals surface area contributed by atoms with Crippen molar-refractivity contribution < 1.29 is 13.0 Å². The lowest BCUT2D eigenvalue weighted by molar-refractivity contribution is 0.483. The van der Waals surface area contributed by atoms with E-state index in [-0.39, 0.29) is 4.90 Å². The van der Waals surface area contributed by atoms with Gasteiger partial charge in [0.15, 0.2) is 1.79 Å². The van der Waals surface area contributed by atoms with Gasteiger partial charge in [0.1, 0.15) is 0 Å². The van der Waals surface area contributed by atoms with Crippen molar-refractivity contribution in [3.05, 3.63) is 29.8 Å². The van der Waals surface area contributed by atoms with Crippen molar-refractivity contribution in [2.45, 2.75) is 6.69 Å². The molecule has 0 aliphatic heterocycles. The molecule has 14 heavy (non-hydrogen) atoms. The molecular formula is C7H5BrClIO3S. The molecule has 0 amide bonds. The van der Waals surface area contributed by atoms with Crippen LogP contribution in [0.25, 0.3) is 0 Å². The van der Waals surface area contributed by atoms with Gasteiger partial charge in [-0.05, 0) is 40.3 Å². The van der Waals surface area contributed by atoms with Crippen LogP contribution in [-0.2, 0) is 11.9 Å². The summed E-state index contributed by atoms with van der Waals surface area (Å²) in [7, 11) is -4.13. The van der Waals surface area contributed by atoms with E-state index in [1.54, 1.807) is 0 Å². The number of halogens is 3. The molecule has 0 bridgehead atoms. The second kappa shape index (κ2) is 4.25. The van der Waals surface area contributed by atoms with E-state index in [9.17, 15) is 8.42 Å². The Morgan fingerprint density at radius 3 is 2.07 bits per heavy atom. The molecule has 0 fully saturated rings. The molecule has 0 radical (unpaired) electrons. The molecule has 1 rings (SSSR count). The highest BCUT2D eigenvalue weighted by atomic mass is 127. The van der Waals surface area contributed by atoms with Gasteiger partial charge < -0.3 is 0 Å². The molecule has 1 N–H and O–H groups in total. The summed E-state index contributed by atoms with van der Waals surface area (Å²) in [4.78, 5) is -0.147. The number of rotatable bonds is 2. The third-order valence-corrected chi connectivity index (χ3v) is 3.65. The first-order chi connectivity index (χ1) is 6.21. The zero-order valence-electron chi connectivity index (χ0n) is 6.62. The average Bonchev–Trinajstić information content (AvgIpc) is 2.01. The third-order valence-electron chi connectivity index (χ3n) is 1.48. The van der Waals surface area contributed by atoms with Gasteiger partial charge in [-0.3, -0.25) is 4.55 Å². The monoisotopic (exact) mass is 410 g/mol. The normalized spacial score (nSPS) is 16.3. The topological polar surface area (TPSA) is 54.4 Å². The minimum absolute atomic E-state index is 0.147. The van der Waals surface area contributed by atoms with Gasteiger partial charge in [-0.15, -0.1) is 0 Å². The average molecular weight is 411 g/mol. The maximum absolute atomic E-state index is 10.7. The molecule has 0 spiro atoms. The molecule has 78 valence electrons. The Bertz CT molecular complexity index is 423. The van der Waals surface area contributed by atoms with Crippen molar-refractivity contribution >= 4 is 60.2 Å². The molecule has 7 heteroatoms. The highest BCUT2D eigenvalue weighted by Gasteiger charge is 2.21. The lowest BCUT2D eigenvalue weighted by Crippen LogP contribution is -2.01. The Balaban J connectivity index is 3.14. The maximum Gasteiger partial charge on any atom is 0.294 e. The molecule has 1 aromatic rings. The molecule has 3 nitrogen and oxygen atoms in total. The SMILES string of the molecule is O=S(=O)(O)c1ccc(C(Cl)(Br)I)cc1. The second-order valence-corrected chi connectivity index (χ2v) is 9.87. The summed E-state index contributed by atoms with van der Waals surface area (Å²) < 4.78 is 29.4. The Morgan fingerprint density at radius 2 is 1.79 bits per heavy atom. The first-order valence-corrected chi connectivity index (χ1v) is 7.05. The lowest BCUT2D eigenvalue weighted by Gasteiger charge is -2.11. The summed E-state index contributed by atoms with van der Waals surface area (Å²) in [6, 6.07) is 5.64. The molecule has 1 atom stereocenters. The first-order valence-electron chi connectivity index (χ1n) is 3.36. The van der Waals surface area contributed by atoms with Crippen molar-refractivity contribution in [3.8, 4) is 0 Å². The number of hydrogen-bond acceptors (Lipinski definition) is 2. The van der Waals surface area contributed by atoms with E-state index >= 15 is 0 Å². The van der Waals surface area contributed by atoms with E-state index < -0.39 is 11.9 Å². The minimum Gasteiger partial charge on any atom is -0.282 e. The van der Waals surface area contributed by atoms with Crippen LogP contribution in [0.5, 0.6) is 0 Å². The summed E-state index contributed by atoms with van der Waals surface area (Å²) in [5, 5.41) is 0. The zero-order chi connectivity index (χ0) is 11.0. The fourth-order valence-corrected chi connectivity index (χ4v) is 2.05. The van der Waals surface area contributed by atoms with Gasteiger partial charge in [-0.1, -0.05) is 39.7 Å². The molecule has 0 saturated heterocycles. The van der Waals surface area contributed by atoms with Crippen LogP contribution >= 0.6 is 50.1 Å². The van der Waals surface area contributed by atoms with Gasteiger partial charge >= 0.3 is 0 Å². The van der Waals surface area contributed by atoms with Crippen LogP contribution in [0.4, 0.5) is 0 Å². The van der Waals surface area contributed by atoms with Gasteiger partial charge in [0.05, 0.1) is 4.90 Å². The van der Waals surface area contributed by atoms with Crippen LogP contribution in [0.1, 0.15) is 5.56 Å². The van der Waals surface area contributed by atoms with E-state index in [0.717, 1.165) is 0 Å². The summed E-state index contributed by atoms with van der Waals surface area (Å²) in [6.07, 6.45) is 0. The maximum atomic E-state index is 10.7. The largest absolute Gasteiger partial charge is 0.294 e. The molecule has 0 heterocycles. The van der Waals surface area contributed by atoms with Crippen LogP contribution in [0.3, 0.4) is 0 Å². The quantitative estimate of drug-likeness (QED) is 0.462. The fraction of sp³-hybridized carbons (Fsp3) is 0.143. The minimum atomic E-state index is -4.13. The van der Waals surface area contributed by atoms with Crippen LogP contribution in [0, 0.1) is 0 Å². The van der Waals surface area contributed by atoms with E-state index in [0.29, 0.717) is 5.56 Å². The van der Waals surface area contributed by atoms with Crippen LogP contribution in [0.2, 0.25) is 0 Å². The summed E-state index contributed by atoms with van der Waals surface area (Å²) >= 11 is 11.1. The summed E-state index contributed by atoms with van der Waals surface area (Å²) in [5.74, 6) is 0. The predicted octanol–water partition coefficient (Wildman–Crippen LogP) is 3.11. The number of alkyl halides is 3. The van der Waals surface area contributed by atoms with Gasteiger partial charge in [0.25, 0.3) is 10.1 Å². The van der Waals surface area contributed by atoms with Crippen LogP contribution < -0.4 is 0 Å². The van der Waals surface area contributed by atoms with Crippen molar-refractivity contribution in [1.29, 1.82) is 0 Å². The Hall–Kier alpha value is 0.630. The van der Waals surface area contributed by atoms with E-state index in [2.05, 4.69) is 15.9 Å². The molecule has 1 aromatic carbocycles. The summed E-state index contributed by atoms with van der Waals surface area (Å²) in [5.41, 5.74) is 0.701. The summed E-state index contributed by atoms with van der Waals surface area (Å²) in [6.45, 7) is 0. The number of benzene rings is 1. The molecule has 0 aliphatic carbocycles. The lowest BCUT2D eigenvalue weighted by atomic mass is 10.2. The first kappa shape index (κ1) is 12.7. The smallest absolute Gasteiger partial charge is 0.282 e. The van der Waals surface area contributed by atoms with Crippen LogP contribution in [0.15, 0.2) is 29.2 Å². The standard InChI is InChI=1S/C7H5BrClIO3S/c8-7(9,10)5-1-3-6(4-2-5)14(11,12)13/h1-4H,(H,11,12,13). The van der Waals surface area contributed by atoms with Gasteiger partial charge in [0, 0.05) is 0 Å². The zero-order valence-corrected chi connectivity index (χ0v) is 11.9. The molecule has 0 aliphatic rings. The predicted molar refractivity (Wildman–Crippen MR) is 66.7 cm³/mol. The van der Waals surface area contributed by atoms with Crippen molar-refractivity contribution in [1.82, 2.24) is 0 Å². The third kappa shape index (κ3) is 3.34. The Morgan fingerprint density at radius 1 is 1.36 bits per heavy atom. The van der Waals surface area contributed by atoms with Crippen molar-refractivity contribution in [3.63, 3.8) is 0 Å². The van der Waals surface area contributed by atoms with Crippen molar-refractivity contribution in [2.75, 3.05) is 0 Å². The van der Waals surface area contributed by atoms with Gasteiger partial charge in [0.2, 0.25) is 0 Å². The van der Waals surface area contributed by atoms with E-state index in [1.165, 1.54) is 24.3 Å². The van der Waals surface area contributed by atoms with Gasteiger partial charge in [-0.2, -0.15) is 8.42 Å². The van der Waals surface area contributed by atoms with E-state index in [4.69, 9.17) is 16.2 Å². The molecular weight excluding hydrogens is 406 g/mol. The Labute approximate surface area is 109 Å².